The van der Waals surface area contributed by atoms with Crippen LogP contribution in [-0.4, -0.2) is 24.3 Å². The highest BCUT2D eigenvalue weighted by molar-refractivity contribution is 5.86. The minimum Gasteiger partial charge on any atom is -0.508 e. The summed E-state index contributed by atoms with van der Waals surface area (Å²) in [6.07, 6.45) is -3.39. The monoisotopic (exact) mass is 352 g/mol. The van der Waals surface area contributed by atoms with Crippen molar-refractivity contribution in [1.29, 1.82) is 0 Å². The first-order valence-electron chi connectivity index (χ1n) is 7.14. The minimum absolute atomic E-state index is 0.0163. The molecule has 0 aromatic heterocycles. The van der Waals surface area contributed by atoms with Gasteiger partial charge in [-0.25, -0.2) is 5.43 Å². The zero-order chi connectivity index (χ0) is 18.4. The number of nitrogens with one attached hydrogen (secondary N) is 1. The Kier molecular flexibility index (Phi) is 5.63. The molecule has 2 aromatic rings. The van der Waals surface area contributed by atoms with E-state index in [1.165, 1.54) is 43.7 Å². The van der Waals surface area contributed by atoms with Gasteiger partial charge in [-0.1, -0.05) is 18.2 Å². The molecule has 0 aliphatic carbocycles. The van der Waals surface area contributed by atoms with E-state index in [2.05, 4.69) is 10.5 Å². The number of rotatable bonds is 5. The molecule has 0 unspecified atom stereocenters. The van der Waals surface area contributed by atoms with Crippen LogP contribution < -0.4 is 10.2 Å². The molecule has 0 atom stereocenters. The second-order valence-electron chi connectivity index (χ2n) is 5.09. The average molecular weight is 352 g/mol. The Labute approximate surface area is 141 Å². The van der Waals surface area contributed by atoms with Crippen LogP contribution in [0.4, 0.5) is 13.2 Å². The summed E-state index contributed by atoms with van der Waals surface area (Å²) in [6.45, 7) is 0. The van der Waals surface area contributed by atoms with E-state index in [0.717, 1.165) is 12.1 Å². The van der Waals surface area contributed by atoms with E-state index in [1.807, 2.05) is 0 Å². The standard InChI is InChI=1S/C17H15F3N2O3/c1-25-15-9-14(23)6-5-12(15)10-21-22-16(24)8-11-3-2-4-13(7-11)17(18,19)20/h2-7,9-10,23H,8H2,1H3,(H,22,24)/b21-10+. The molecule has 132 valence electrons. The van der Waals surface area contributed by atoms with Crippen LogP contribution in [0.2, 0.25) is 0 Å². The molecule has 0 fully saturated rings. The molecular formula is C17H15F3N2O3. The van der Waals surface area contributed by atoms with E-state index in [0.29, 0.717) is 11.3 Å². The molecule has 5 nitrogen and oxygen atoms in total. The Morgan fingerprint density at radius 2 is 2.04 bits per heavy atom. The minimum atomic E-state index is -4.46. The Hall–Kier alpha value is -3.03. The zero-order valence-electron chi connectivity index (χ0n) is 13.2. The number of aromatic hydroxyl groups is 1. The molecule has 0 aliphatic rings. The van der Waals surface area contributed by atoms with Crippen molar-refractivity contribution < 1.29 is 27.8 Å². The van der Waals surface area contributed by atoms with Gasteiger partial charge in [-0.2, -0.15) is 18.3 Å². The molecule has 2 N–H and O–H groups in total. The lowest BCUT2D eigenvalue weighted by Crippen LogP contribution is -2.20. The van der Waals surface area contributed by atoms with E-state index in [-0.39, 0.29) is 17.7 Å². The summed E-state index contributed by atoms with van der Waals surface area (Å²) >= 11 is 0. The number of amides is 1. The molecule has 8 heteroatoms. The summed E-state index contributed by atoms with van der Waals surface area (Å²) in [6, 6.07) is 8.89. The van der Waals surface area contributed by atoms with E-state index < -0.39 is 17.6 Å². The summed E-state index contributed by atoms with van der Waals surface area (Å²) in [5.41, 5.74) is 2.17. The lowest BCUT2D eigenvalue weighted by molar-refractivity contribution is -0.137. The summed E-state index contributed by atoms with van der Waals surface area (Å²) in [4.78, 5) is 11.8. The summed E-state index contributed by atoms with van der Waals surface area (Å²) < 4.78 is 43.0. The van der Waals surface area contributed by atoms with Crippen molar-refractivity contribution in [3.05, 3.63) is 59.2 Å². The quantitative estimate of drug-likeness (QED) is 0.642. The SMILES string of the molecule is COc1cc(O)ccc1/C=N/NC(=O)Cc1cccc(C(F)(F)F)c1. The Balaban J connectivity index is 1.99. The highest BCUT2D eigenvalue weighted by atomic mass is 19.4. The van der Waals surface area contributed by atoms with Gasteiger partial charge in [0, 0.05) is 11.6 Å². The number of halogens is 3. The number of hydrogen-bond donors (Lipinski definition) is 2. The number of benzene rings is 2. The van der Waals surface area contributed by atoms with Gasteiger partial charge in [0.2, 0.25) is 5.91 Å². The van der Waals surface area contributed by atoms with Crippen molar-refractivity contribution in [3.8, 4) is 11.5 Å². The van der Waals surface area contributed by atoms with Crippen LogP contribution >= 0.6 is 0 Å². The number of ether oxygens (including phenoxy) is 1. The number of carbonyl (C=O) groups is 1. The number of phenolic OH excluding ortho intramolecular Hbond substituents is 1. The Morgan fingerprint density at radius 1 is 1.28 bits per heavy atom. The topological polar surface area (TPSA) is 70.9 Å². The summed E-state index contributed by atoms with van der Waals surface area (Å²) in [5, 5.41) is 13.1. The van der Waals surface area contributed by atoms with Gasteiger partial charge in [0.25, 0.3) is 0 Å². The fourth-order valence-corrected chi connectivity index (χ4v) is 2.06. The first-order valence-corrected chi connectivity index (χ1v) is 7.14. The van der Waals surface area contributed by atoms with E-state index in [4.69, 9.17) is 4.74 Å². The highest BCUT2D eigenvalue weighted by Crippen LogP contribution is 2.29. The number of methoxy groups -OCH3 is 1. The maximum absolute atomic E-state index is 12.6. The molecular weight excluding hydrogens is 337 g/mol. The molecule has 2 rings (SSSR count). The van der Waals surface area contributed by atoms with Gasteiger partial charge >= 0.3 is 6.18 Å². The van der Waals surface area contributed by atoms with Gasteiger partial charge in [-0.05, 0) is 23.8 Å². The van der Waals surface area contributed by atoms with Crippen LogP contribution in [0, 0.1) is 0 Å². The van der Waals surface area contributed by atoms with Crippen molar-refractivity contribution in [2.75, 3.05) is 7.11 Å². The summed E-state index contributed by atoms with van der Waals surface area (Å²) in [7, 11) is 1.42. The predicted octanol–water partition coefficient (Wildman–Crippen LogP) is 3.11. The Morgan fingerprint density at radius 3 is 2.72 bits per heavy atom. The molecule has 25 heavy (non-hydrogen) atoms. The first kappa shape index (κ1) is 18.3. The van der Waals surface area contributed by atoms with Crippen LogP contribution in [0.15, 0.2) is 47.6 Å². The molecule has 0 heterocycles. The molecule has 0 bridgehead atoms. The molecule has 1 amide bonds. The average Bonchev–Trinajstić information content (AvgIpc) is 2.55. The number of hydrogen-bond acceptors (Lipinski definition) is 4. The number of hydrazone groups is 1. The second-order valence-corrected chi connectivity index (χ2v) is 5.09. The van der Waals surface area contributed by atoms with Gasteiger partial charge < -0.3 is 9.84 Å². The third kappa shape index (κ3) is 5.23. The second kappa shape index (κ2) is 7.69. The molecule has 2 aromatic carbocycles. The van der Waals surface area contributed by atoms with Gasteiger partial charge in [-0.3, -0.25) is 4.79 Å². The van der Waals surface area contributed by atoms with E-state index in [9.17, 15) is 23.1 Å². The normalized spacial score (nSPS) is 11.5. The molecule has 0 aliphatic heterocycles. The highest BCUT2D eigenvalue weighted by Gasteiger charge is 2.30. The van der Waals surface area contributed by atoms with Gasteiger partial charge in [0.1, 0.15) is 11.5 Å². The van der Waals surface area contributed by atoms with Crippen LogP contribution in [0.5, 0.6) is 11.5 Å². The third-order valence-corrected chi connectivity index (χ3v) is 3.23. The van der Waals surface area contributed by atoms with Crippen molar-refractivity contribution in [2.45, 2.75) is 12.6 Å². The van der Waals surface area contributed by atoms with E-state index >= 15 is 0 Å². The van der Waals surface area contributed by atoms with Crippen LogP contribution in [0.1, 0.15) is 16.7 Å². The molecule has 0 saturated carbocycles. The lowest BCUT2D eigenvalue weighted by Gasteiger charge is -2.08. The van der Waals surface area contributed by atoms with Crippen molar-refractivity contribution in [2.24, 2.45) is 5.10 Å². The van der Waals surface area contributed by atoms with Gasteiger partial charge in [0.15, 0.2) is 0 Å². The fraction of sp³-hybridized carbons (Fsp3) is 0.176. The molecule has 0 saturated heterocycles. The van der Waals surface area contributed by atoms with Gasteiger partial charge in [0.05, 0.1) is 25.3 Å². The van der Waals surface area contributed by atoms with E-state index in [1.54, 1.807) is 0 Å². The van der Waals surface area contributed by atoms with Crippen LogP contribution in [0.3, 0.4) is 0 Å². The first-order chi connectivity index (χ1) is 11.8. The maximum Gasteiger partial charge on any atom is 0.416 e. The summed E-state index contributed by atoms with van der Waals surface area (Å²) in [5.74, 6) is -0.188. The zero-order valence-corrected chi connectivity index (χ0v) is 13.2. The predicted molar refractivity (Wildman–Crippen MR) is 85.5 cm³/mol. The Bertz CT molecular complexity index is 789. The number of alkyl halides is 3. The number of nitrogens with zero attached hydrogens (tertiary/aromatic N) is 1. The number of carbonyl (C=O) groups excluding carboxylic acids is 1. The number of phenols is 1. The molecule has 0 spiro atoms. The van der Waals surface area contributed by atoms with Crippen molar-refractivity contribution in [3.63, 3.8) is 0 Å². The molecule has 0 radical (unpaired) electrons. The maximum atomic E-state index is 12.6. The van der Waals surface area contributed by atoms with Crippen LogP contribution in [-0.2, 0) is 17.4 Å². The van der Waals surface area contributed by atoms with Gasteiger partial charge in [-0.15, -0.1) is 0 Å². The lowest BCUT2D eigenvalue weighted by atomic mass is 10.1. The van der Waals surface area contributed by atoms with Crippen LogP contribution in [0.25, 0.3) is 0 Å². The fourth-order valence-electron chi connectivity index (χ4n) is 2.06. The largest absolute Gasteiger partial charge is 0.508 e. The third-order valence-electron chi connectivity index (χ3n) is 3.23. The van der Waals surface area contributed by atoms with Crippen molar-refractivity contribution >= 4 is 12.1 Å². The van der Waals surface area contributed by atoms with Crippen molar-refractivity contribution in [1.82, 2.24) is 5.43 Å². The smallest absolute Gasteiger partial charge is 0.416 e.